The molecule has 0 aliphatic heterocycles. The molecule has 0 unspecified atom stereocenters. The molecule has 3 N–H and O–H groups in total. The summed E-state index contributed by atoms with van der Waals surface area (Å²) in [7, 11) is 0. The Hall–Kier alpha value is -0.610. The van der Waals surface area contributed by atoms with Gasteiger partial charge in [-0.25, -0.2) is 0 Å². The van der Waals surface area contributed by atoms with E-state index in [9.17, 15) is 5.11 Å². The zero-order valence-electron chi connectivity index (χ0n) is 13.3. The Morgan fingerprint density at radius 3 is 2.55 bits per heavy atom. The summed E-state index contributed by atoms with van der Waals surface area (Å²) in [5.74, 6) is 0. The number of benzene rings is 1. The van der Waals surface area contributed by atoms with E-state index in [1.807, 2.05) is 24.3 Å². The Morgan fingerprint density at radius 2 is 1.82 bits per heavy atom. The highest BCUT2D eigenvalue weighted by atomic mass is 35.5. The number of aliphatic hydroxyl groups is 1. The lowest BCUT2D eigenvalue weighted by Gasteiger charge is -2.20. The number of ether oxygens (including phenoxy) is 1. The zero-order chi connectivity index (χ0) is 15.6. The van der Waals surface area contributed by atoms with E-state index in [0.717, 1.165) is 17.1 Å². The van der Waals surface area contributed by atoms with Crippen molar-refractivity contribution >= 4 is 11.6 Å². The van der Waals surface area contributed by atoms with E-state index in [4.69, 9.17) is 16.3 Å². The predicted octanol–water partition coefficient (Wildman–Crippen LogP) is 2.89. The average molecular weight is 327 g/mol. The molecule has 0 saturated heterocycles. The molecule has 1 atom stereocenters. The molecule has 0 heterocycles. The van der Waals surface area contributed by atoms with Gasteiger partial charge >= 0.3 is 0 Å². The molecule has 0 spiro atoms. The van der Waals surface area contributed by atoms with Crippen LogP contribution in [-0.4, -0.2) is 30.4 Å². The van der Waals surface area contributed by atoms with Crippen LogP contribution in [0.2, 0.25) is 5.02 Å². The van der Waals surface area contributed by atoms with Gasteiger partial charge < -0.3 is 15.2 Å². The standard InChI is InChI=1S/C18H28ClNO2/c19-18-11-7-6-8-15(18)13-22-14-17(21)12-20-16-9-4-2-1-3-5-10-16/h6-8,11,16-17,20-21H,1-5,9-10,12-14H2/p+1/t17-/m1/s1. The fraction of sp³-hybridized carbons (Fsp3) is 0.667. The molecule has 1 saturated carbocycles. The van der Waals surface area contributed by atoms with E-state index < -0.39 is 6.10 Å². The van der Waals surface area contributed by atoms with Crippen LogP contribution in [0, 0.1) is 0 Å². The lowest BCUT2D eigenvalue weighted by atomic mass is 9.96. The molecule has 0 bridgehead atoms. The van der Waals surface area contributed by atoms with Gasteiger partial charge in [0.2, 0.25) is 0 Å². The third kappa shape index (κ3) is 6.66. The van der Waals surface area contributed by atoms with Gasteiger partial charge in [0.15, 0.2) is 0 Å². The maximum Gasteiger partial charge on any atom is 0.126 e. The number of quaternary nitrogens is 1. The van der Waals surface area contributed by atoms with Gasteiger partial charge in [-0.2, -0.15) is 0 Å². The summed E-state index contributed by atoms with van der Waals surface area (Å²) in [5.41, 5.74) is 0.973. The minimum atomic E-state index is -0.409. The zero-order valence-corrected chi connectivity index (χ0v) is 14.1. The van der Waals surface area contributed by atoms with Crippen LogP contribution in [0.3, 0.4) is 0 Å². The third-order valence-corrected chi connectivity index (χ3v) is 4.79. The van der Waals surface area contributed by atoms with E-state index in [0.29, 0.717) is 19.3 Å². The van der Waals surface area contributed by atoms with Crippen molar-refractivity contribution in [2.24, 2.45) is 0 Å². The van der Waals surface area contributed by atoms with Gasteiger partial charge in [0.25, 0.3) is 0 Å². The van der Waals surface area contributed by atoms with Crippen LogP contribution in [0.15, 0.2) is 24.3 Å². The summed E-state index contributed by atoms with van der Waals surface area (Å²) in [5, 5.41) is 13.1. The molecule has 1 fully saturated rings. The van der Waals surface area contributed by atoms with Gasteiger partial charge in [0.1, 0.15) is 12.6 Å². The maximum absolute atomic E-state index is 10.1. The third-order valence-electron chi connectivity index (χ3n) is 4.42. The largest absolute Gasteiger partial charge is 0.385 e. The van der Waals surface area contributed by atoms with Gasteiger partial charge in [0, 0.05) is 5.02 Å². The lowest BCUT2D eigenvalue weighted by Crippen LogP contribution is -2.92. The molecule has 3 nitrogen and oxygen atoms in total. The number of nitrogens with two attached hydrogens (primary N) is 1. The molecule has 1 aromatic rings. The van der Waals surface area contributed by atoms with E-state index in [-0.39, 0.29) is 0 Å². The van der Waals surface area contributed by atoms with Crippen molar-refractivity contribution in [2.45, 2.75) is 63.7 Å². The Morgan fingerprint density at radius 1 is 1.14 bits per heavy atom. The normalized spacial score (nSPS) is 18.6. The van der Waals surface area contributed by atoms with Crippen molar-refractivity contribution in [3.63, 3.8) is 0 Å². The summed E-state index contributed by atoms with van der Waals surface area (Å²) in [6.07, 6.45) is 8.96. The highest BCUT2D eigenvalue weighted by molar-refractivity contribution is 6.31. The van der Waals surface area contributed by atoms with Gasteiger partial charge in [-0.3, -0.25) is 0 Å². The molecule has 2 rings (SSSR count). The fourth-order valence-electron chi connectivity index (χ4n) is 3.06. The number of hydrogen-bond acceptors (Lipinski definition) is 2. The van der Waals surface area contributed by atoms with Crippen molar-refractivity contribution in [1.82, 2.24) is 0 Å². The van der Waals surface area contributed by atoms with Crippen molar-refractivity contribution in [3.8, 4) is 0 Å². The van der Waals surface area contributed by atoms with Crippen molar-refractivity contribution in [2.75, 3.05) is 13.2 Å². The average Bonchev–Trinajstić information content (AvgIpc) is 2.48. The first-order chi connectivity index (χ1) is 10.8. The highest BCUT2D eigenvalue weighted by Gasteiger charge is 2.16. The van der Waals surface area contributed by atoms with Crippen LogP contribution in [0.4, 0.5) is 0 Å². The van der Waals surface area contributed by atoms with Crippen LogP contribution in [0.25, 0.3) is 0 Å². The van der Waals surface area contributed by atoms with E-state index >= 15 is 0 Å². The Balaban J connectivity index is 1.61. The van der Waals surface area contributed by atoms with Gasteiger partial charge in [-0.05, 0) is 37.3 Å². The highest BCUT2D eigenvalue weighted by Crippen LogP contribution is 2.16. The van der Waals surface area contributed by atoms with Crippen LogP contribution in [0.5, 0.6) is 0 Å². The Labute approximate surface area is 139 Å². The minimum Gasteiger partial charge on any atom is -0.385 e. The molecule has 0 aromatic heterocycles. The smallest absolute Gasteiger partial charge is 0.126 e. The van der Waals surface area contributed by atoms with Crippen LogP contribution in [0.1, 0.15) is 50.5 Å². The second-order valence-corrected chi connectivity index (χ2v) is 6.74. The predicted molar refractivity (Wildman–Crippen MR) is 90.0 cm³/mol. The molecule has 4 heteroatoms. The van der Waals surface area contributed by atoms with Crippen molar-refractivity contribution in [3.05, 3.63) is 34.9 Å². The molecular weight excluding hydrogens is 298 g/mol. The second kappa shape index (κ2) is 10.2. The molecule has 124 valence electrons. The molecular formula is C18H29ClNO2+. The van der Waals surface area contributed by atoms with E-state index in [1.54, 1.807) is 0 Å². The van der Waals surface area contributed by atoms with E-state index in [1.165, 1.54) is 44.9 Å². The van der Waals surface area contributed by atoms with Gasteiger partial charge in [-0.1, -0.05) is 49.1 Å². The molecule has 22 heavy (non-hydrogen) atoms. The topological polar surface area (TPSA) is 46.1 Å². The summed E-state index contributed by atoms with van der Waals surface area (Å²) in [4.78, 5) is 0. The number of rotatable bonds is 7. The van der Waals surface area contributed by atoms with Crippen LogP contribution in [-0.2, 0) is 11.3 Å². The molecule has 1 aromatic carbocycles. The number of hydrogen-bond donors (Lipinski definition) is 2. The monoisotopic (exact) mass is 326 g/mol. The van der Waals surface area contributed by atoms with E-state index in [2.05, 4.69) is 5.32 Å². The number of aliphatic hydroxyl groups excluding tert-OH is 1. The quantitative estimate of drug-likeness (QED) is 0.809. The molecule has 1 aliphatic rings. The second-order valence-electron chi connectivity index (χ2n) is 6.34. The summed E-state index contributed by atoms with van der Waals surface area (Å²) < 4.78 is 5.59. The first kappa shape index (κ1) is 17.7. The first-order valence-electron chi connectivity index (χ1n) is 8.58. The Bertz CT molecular complexity index is 419. The maximum atomic E-state index is 10.1. The van der Waals surface area contributed by atoms with Gasteiger partial charge in [-0.15, -0.1) is 0 Å². The fourth-order valence-corrected chi connectivity index (χ4v) is 3.25. The van der Waals surface area contributed by atoms with Crippen molar-refractivity contribution < 1.29 is 15.2 Å². The minimum absolute atomic E-state index is 0.369. The summed E-state index contributed by atoms with van der Waals surface area (Å²) in [6.45, 7) is 1.56. The summed E-state index contributed by atoms with van der Waals surface area (Å²) in [6, 6.07) is 8.35. The molecule has 0 radical (unpaired) electrons. The SMILES string of the molecule is O[C@H](C[NH2+]C1CCCCCCC1)COCc1ccccc1Cl. The van der Waals surface area contributed by atoms with Crippen LogP contribution < -0.4 is 5.32 Å². The number of halogens is 1. The van der Waals surface area contributed by atoms with Crippen LogP contribution >= 0.6 is 11.6 Å². The van der Waals surface area contributed by atoms with Crippen molar-refractivity contribution in [1.29, 1.82) is 0 Å². The molecule has 1 aliphatic carbocycles. The van der Waals surface area contributed by atoms with Gasteiger partial charge in [0.05, 0.1) is 19.3 Å². The summed E-state index contributed by atoms with van der Waals surface area (Å²) >= 11 is 6.08. The first-order valence-corrected chi connectivity index (χ1v) is 8.96. The Kier molecular flexibility index (Phi) is 8.24. The lowest BCUT2D eigenvalue weighted by molar-refractivity contribution is -0.696. The molecule has 0 amide bonds.